The number of carbonyl (C=O) groups is 1. The van der Waals surface area contributed by atoms with Gasteiger partial charge in [-0.3, -0.25) is 4.79 Å². The highest BCUT2D eigenvalue weighted by Crippen LogP contribution is 2.53. The summed E-state index contributed by atoms with van der Waals surface area (Å²) in [6.07, 6.45) is 7.58. The van der Waals surface area contributed by atoms with Crippen LogP contribution >= 0.6 is 0 Å². The Morgan fingerprint density at radius 3 is 2.86 bits per heavy atom. The fourth-order valence-corrected chi connectivity index (χ4v) is 2.94. The summed E-state index contributed by atoms with van der Waals surface area (Å²) in [4.78, 5) is 11.4. The molecule has 0 aromatic carbocycles. The van der Waals surface area contributed by atoms with Gasteiger partial charge in [-0.2, -0.15) is 0 Å². The highest BCUT2D eigenvalue weighted by atomic mass is 16.5. The van der Waals surface area contributed by atoms with Gasteiger partial charge < -0.3 is 4.74 Å². The molecule has 3 atom stereocenters. The van der Waals surface area contributed by atoms with E-state index in [9.17, 15) is 4.79 Å². The fourth-order valence-electron chi connectivity index (χ4n) is 2.94. The van der Waals surface area contributed by atoms with Gasteiger partial charge in [0.05, 0.1) is 13.0 Å². The molecule has 0 amide bonds. The van der Waals surface area contributed by atoms with Crippen LogP contribution in [0.5, 0.6) is 0 Å². The van der Waals surface area contributed by atoms with Crippen LogP contribution in [0.2, 0.25) is 0 Å². The monoisotopic (exact) mass is 194 g/mol. The average Bonchev–Trinajstić information content (AvgIpc) is 2.62. The smallest absolute Gasteiger partial charge is 0.306 e. The zero-order valence-electron chi connectivity index (χ0n) is 8.95. The molecule has 0 saturated heterocycles. The van der Waals surface area contributed by atoms with Gasteiger partial charge in [-0.15, -0.1) is 0 Å². The molecule has 3 unspecified atom stereocenters. The van der Waals surface area contributed by atoms with Crippen LogP contribution < -0.4 is 0 Å². The second-order valence-electron chi connectivity index (χ2n) is 4.83. The van der Waals surface area contributed by atoms with E-state index in [0.29, 0.717) is 18.9 Å². The van der Waals surface area contributed by atoms with Crippen LogP contribution in [0, 0.1) is 17.3 Å². The highest BCUT2D eigenvalue weighted by Gasteiger charge is 2.46. The molecular weight excluding hydrogens is 176 g/mol. The molecule has 0 N–H and O–H groups in total. The van der Waals surface area contributed by atoms with E-state index in [1.54, 1.807) is 0 Å². The van der Waals surface area contributed by atoms with Crippen molar-refractivity contribution in [3.63, 3.8) is 0 Å². The second-order valence-corrected chi connectivity index (χ2v) is 4.83. The number of rotatable bonds is 3. The molecular formula is C12H18O2. The van der Waals surface area contributed by atoms with Crippen molar-refractivity contribution >= 4 is 5.97 Å². The lowest BCUT2D eigenvalue weighted by Gasteiger charge is -2.30. The SMILES string of the molecule is CCOC(=O)CC1(C)CC2C=CC1C2. The third-order valence-electron chi connectivity index (χ3n) is 3.65. The molecule has 0 aliphatic heterocycles. The Hall–Kier alpha value is -0.790. The zero-order valence-corrected chi connectivity index (χ0v) is 8.95. The Labute approximate surface area is 85.3 Å². The Balaban J connectivity index is 1.97. The van der Waals surface area contributed by atoms with Gasteiger partial charge in [0.2, 0.25) is 0 Å². The lowest BCUT2D eigenvalue weighted by molar-refractivity contribution is -0.146. The van der Waals surface area contributed by atoms with Crippen LogP contribution in [0.3, 0.4) is 0 Å². The normalized spacial score (nSPS) is 39.0. The van der Waals surface area contributed by atoms with Gasteiger partial charge in [-0.1, -0.05) is 19.1 Å². The topological polar surface area (TPSA) is 26.3 Å². The molecule has 1 saturated carbocycles. The maximum absolute atomic E-state index is 11.4. The second kappa shape index (κ2) is 3.41. The third-order valence-corrected chi connectivity index (χ3v) is 3.65. The van der Waals surface area contributed by atoms with E-state index in [1.165, 1.54) is 6.42 Å². The van der Waals surface area contributed by atoms with Crippen LogP contribution in [0.25, 0.3) is 0 Å². The molecule has 2 bridgehead atoms. The van der Waals surface area contributed by atoms with Gasteiger partial charge in [-0.25, -0.2) is 0 Å². The number of esters is 1. The van der Waals surface area contributed by atoms with Crippen molar-refractivity contribution in [1.29, 1.82) is 0 Å². The summed E-state index contributed by atoms with van der Waals surface area (Å²) in [6.45, 7) is 4.58. The van der Waals surface area contributed by atoms with Crippen LogP contribution in [-0.4, -0.2) is 12.6 Å². The first kappa shape index (κ1) is 9.75. The molecule has 2 rings (SSSR count). The van der Waals surface area contributed by atoms with Crippen molar-refractivity contribution in [2.24, 2.45) is 17.3 Å². The Kier molecular flexibility index (Phi) is 2.38. The van der Waals surface area contributed by atoms with Crippen LogP contribution in [0.1, 0.15) is 33.1 Å². The van der Waals surface area contributed by atoms with E-state index in [1.807, 2.05) is 6.92 Å². The molecule has 78 valence electrons. The van der Waals surface area contributed by atoms with Crippen LogP contribution in [-0.2, 0) is 9.53 Å². The molecule has 2 aliphatic carbocycles. The quantitative estimate of drug-likeness (QED) is 0.510. The molecule has 2 nitrogen and oxygen atoms in total. The average molecular weight is 194 g/mol. The summed E-state index contributed by atoms with van der Waals surface area (Å²) in [6, 6.07) is 0. The van der Waals surface area contributed by atoms with Crippen molar-refractivity contribution in [3.8, 4) is 0 Å². The fraction of sp³-hybridized carbons (Fsp3) is 0.750. The Bertz CT molecular complexity index is 269. The van der Waals surface area contributed by atoms with E-state index < -0.39 is 0 Å². The number of hydrogen-bond donors (Lipinski definition) is 0. The van der Waals surface area contributed by atoms with Gasteiger partial charge in [0, 0.05) is 0 Å². The first-order chi connectivity index (χ1) is 6.64. The molecule has 0 radical (unpaired) electrons. The van der Waals surface area contributed by atoms with Crippen molar-refractivity contribution in [2.75, 3.05) is 6.61 Å². The lowest BCUT2D eigenvalue weighted by Crippen LogP contribution is -2.26. The largest absolute Gasteiger partial charge is 0.466 e. The standard InChI is InChI=1S/C12H18O2/c1-3-14-11(13)8-12(2)7-9-4-5-10(12)6-9/h4-5,9-10H,3,6-8H2,1-2H3. The molecule has 2 heteroatoms. The Morgan fingerprint density at radius 2 is 2.36 bits per heavy atom. The van der Waals surface area contributed by atoms with E-state index >= 15 is 0 Å². The van der Waals surface area contributed by atoms with Gasteiger partial charge in [0.25, 0.3) is 0 Å². The van der Waals surface area contributed by atoms with Crippen molar-refractivity contribution in [2.45, 2.75) is 33.1 Å². The van der Waals surface area contributed by atoms with E-state index in [0.717, 1.165) is 12.3 Å². The highest BCUT2D eigenvalue weighted by molar-refractivity contribution is 5.70. The third kappa shape index (κ3) is 1.58. The number of allylic oxidation sites excluding steroid dienone is 2. The van der Waals surface area contributed by atoms with Crippen molar-refractivity contribution < 1.29 is 9.53 Å². The number of ether oxygens (including phenoxy) is 1. The summed E-state index contributed by atoms with van der Waals surface area (Å²) in [5.41, 5.74) is 0.172. The summed E-state index contributed by atoms with van der Waals surface area (Å²) in [5, 5.41) is 0. The number of hydrogen-bond acceptors (Lipinski definition) is 2. The minimum Gasteiger partial charge on any atom is -0.466 e. The van der Waals surface area contributed by atoms with Gasteiger partial charge in [-0.05, 0) is 37.0 Å². The summed E-state index contributed by atoms with van der Waals surface area (Å²) in [7, 11) is 0. The minimum atomic E-state index is -0.0315. The summed E-state index contributed by atoms with van der Waals surface area (Å²) in [5.74, 6) is 1.30. The van der Waals surface area contributed by atoms with E-state index in [-0.39, 0.29) is 11.4 Å². The summed E-state index contributed by atoms with van der Waals surface area (Å²) >= 11 is 0. The first-order valence-corrected chi connectivity index (χ1v) is 5.48. The summed E-state index contributed by atoms with van der Waals surface area (Å²) < 4.78 is 5.01. The predicted molar refractivity (Wildman–Crippen MR) is 54.7 cm³/mol. The van der Waals surface area contributed by atoms with E-state index in [2.05, 4.69) is 19.1 Å². The molecule has 2 aliphatic rings. The van der Waals surface area contributed by atoms with E-state index in [4.69, 9.17) is 4.74 Å². The zero-order chi connectivity index (χ0) is 10.2. The minimum absolute atomic E-state index is 0.0315. The maximum atomic E-state index is 11.4. The predicted octanol–water partition coefficient (Wildman–Crippen LogP) is 2.54. The molecule has 14 heavy (non-hydrogen) atoms. The van der Waals surface area contributed by atoms with Crippen molar-refractivity contribution in [1.82, 2.24) is 0 Å². The van der Waals surface area contributed by atoms with Crippen molar-refractivity contribution in [3.05, 3.63) is 12.2 Å². The van der Waals surface area contributed by atoms with Crippen LogP contribution in [0.4, 0.5) is 0 Å². The molecule has 0 aromatic heterocycles. The Morgan fingerprint density at radius 1 is 1.57 bits per heavy atom. The number of fused-ring (bicyclic) bond motifs is 2. The lowest BCUT2D eigenvalue weighted by atomic mass is 9.75. The molecule has 0 spiro atoms. The first-order valence-electron chi connectivity index (χ1n) is 5.48. The van der Waals surface area contributed by atoms with Crippen LogP contribution in [0.15, 0.2) is 12.2 Å². The molecule has 1 fully saturated rings. The molecule has 0 aromatic rings. The number of carbonyl (C=O) groups excluding carboxylic acids is 1. The van der Waals surface area contributed by atoms with Gasteiger partial charge in [0.1, 0.15) is 0 Å². The van der Waals surface area contributed by atoms with Gasteiger partial charge in [0.15, 0.2) is 0 Å². The maximum Gasteiger partial charge on any atom is 0.306 e. The molecule has 0 heterocycles. The van der Waals surface area contributed by atoms with Gasteiger partial charge >= 0.3 is 5.97 Å².